The van der Waals surface area contributed by atoms with Gasteiger partial charge in [-0.15, -0.1) is 0 Å². The molecule has 6 nitrogen and oxygen atoms in total. The molecule has 0 aliphatic heterocycles. The van der Waals surface area contributed by atoms with Gasteiger partial charge in [0.15, 0.2) is 0 Å². The number of nitrogens with zero attached hydrogens (tertiary/aromatic N) is 3. The van der Waals surface area contributed by atoms with Gasteiger partial charge in [-0.1, -0.05) is 0 Å². The molecule has 84 valence electrons. The summed E-state index contributed by atoms with van der Waals surface area (Å²) in [6.07, 6.45) is 3.22. The van der Waals surface area contributed by atoms with Gasteiger partial charge in [0.05, 0.1) is 17.6 Å². The zero-order valence-corrected chi connectivity index (χ0v) is 9.40. The average molecular weight is 219 g/mol. The van der Waals surface area contributed by atoms with E-state index in [0.717, 1.165) is 11.4 Å². The lowest BCUT2D eigenvalue weighted by atomic mass is 10.4. The first-order valence-electron chi connectivity index (χ1n) is 4.89. The maximum atomic E-state index is 11.4. The first kappa shape index (κ1) is 10.4. The lowest BCUT2D eigenvalue weighted by Crippen LogP contribution is -2.12. The molecule has 0 unspecified atom stereocenters. The van der Waals surface area contributed by atoms with E-state index >= 15 is 0 Å². The number of aromatic amines is 1. The molecule has 0 fully saturated rings. The number of hydrogen-bond acceptors (Lipinski definition) is 4. The Morgan fingerprint density at radius 3 is 2.69 bits per heavy atom. The van der Waals surface area contributed by atoms with Crippen LogP contribution < -0.4 is 10.9 Å². The Morgan fingerprint density at radius 2 is 2.12 bits per heavy atom. The highest BCUT2D eigenvalue weighted by Gasteiger charge is 2.05. The summed E-state index contributed by atoms with van der Waals surface area (Å²) in [5, 5.41) is 7.10. The zero-order chi connectivity index (χ0) is 11.7. The van der Waals surface area contributed by atoms with Gasteiger partial charge in [-0.2, -0.15) is 5.10 Å². The molecule has 16 heavy (non-hydrogen) atoms. The fourth-order valence-electron chi connectivity index (χ4n) is 1.27. The molecule has 2 heterocycles. The van der Waals surface area contributed by atoms with Gasteiger partial charge in [0.1, 0.15) is 0 Å². The molecule has 0 atom stereocenters. The maximum absolute atomic E-state index is 11.4. The topological polar surface area (TPSA) is 75.6 Å². The van der Waals surface area contributed by atoms with Crippen LogP contribution in [0.3, 0.4) is 0 Å². The first-order valence-corrected chi connectivity index (χ1v) is 4.89. The average Bonchev–Trinajstić information content (AvgIpc) is 2.55. The van der Waals surface area contributed by atoms with Crippen LogP contribution in [0.2, 0.25) is 0 Å². The molecule has 6 heteroatoms. The molecule has 0 saturated carbocycles. The van der Waals surface area contributed by atoms with Gasteiger partial charge in [-0.25, -0.2) is 4.98 Å². The third-order valence-electron chi connectivity index (χ3n) is 2.47. The SMILES string of the molecule is Cc1cnc(Nc2cnn(C)c2C)[nH]c1=O. The van der Waals surface area contributed by atoms with E-state index < -0.39 is 0 Å². The van der Waals surface area contributed by atoms with E-state index in [1.54, 1.807) is 17.8 Å². The van der Waals surface area contributed by atoms with Gasteiger partial charge in [0.2, 0.25) is 5.95 Å². The smallest absolute Gasteiger partial charge is 0.255 e. The molecule has 0 spiro atoms. The van der Waals surface area contributed by atoms with E-state index in [1.807, 2.05) is 14.0 Å². The standard InChI is InChI=1S/C10H13N5O/c1-6-4-11-10(14-9(6)16)13-8-5-12-15(3)7(8)2/h4-5H,1-3H3,(H2,11,13,14,16). The molecule has 0 saturated heterocycles. The van der Waals surface area contributed by atoms with Crippen molar-refractivity contribution in [1.29, 1.82) is 0 Å². The quantitative estimate of drug-likeness (QED) is 0.785. The second kappa shape index (κ2) is 3.80. The summed E-state index contributed by atoms with van der Waals surface area (Å²) < 4.78 is 1.74. The van der Waals surface area contributed by atoms with Crippen molar-refractivity contribution in [2.24, 2.45) is 7.05 Å². The molecule has 0 aromatic carbocycles. The highest BCUT2D eigenvalue weighted by Crippen LogP contribution is 2.15. The van der Waals surface area contributed by atoms with Gasteiger partial charge in [0.25, 0.3) is 5.56 Å². The molecule has 0 amide bonds. The van der Waals surface area contributed by atoms with Crippen LogP contribution in [0.25, 0.3) is 0 Å². The molecule has 2 N–H and O–H groups in total. The van der Waals surface area contributed by atoms with Gasteiger partial charge >= 0.3 is 0 Å². The predicted octanol–water partition coefficient (Wildman–Crippen LogP) is 0.864. The van der Waals surface area contributed by atoms with Crippen LogP contribution in [-0.2, 0) is 7.05 Å². The summed E-state index contributed by atoms with van der Waals surface area (Å²) in [6.45, 7) is 3.65. The van der Waals surface area contributed by atoms with E-state index in [2.05, 4.69) is 20.4 Å². The number of nitrogens with one attached hydrogen (secondary N) is 2. The van der Waals surface area contributed by atoms with Crippen LogP contribution in [0.5, 0.6) is 0 Å². The number of rotatable bonds is 2. The summed E-state index contributed by atoms with van der Waals surface area (Å²) >= 11 is 0. The largest absolute Gasteiger partial charge is 0.323 e. The fourth-order valence-corrected chi connectivity index (χ4v) is 1.27. The predicted molar refractivity (Wildman–Crippen MR) is 60.8 cm³/mol. The number of H-pyrrole nitrogens is 1. The first-order chi connectivity index (χ1) is 7.58. The molecule has 0 aliphatic rings. The molecule has 0 bridgehead atoms. The summed E-state index contributed by atoms with van der Waals surface area (Å²) in [5.74, 6) is 0.423. The molecule has 0 radical (unpaired) electrons. The molecule has 2 aromatic heterocycles. The third-order valence-corrected chi connectivity index (χ3v) is 2.47. The van der Waals surface area contributed by atoms with Gasteiger partial charge < -0.3 is 5.32 Å². The van der Waals surface area contributed by atoms with Crippen molar-refractivity contribution < 1.29 is 0 Å². The van der Waals surface area contributed by atoms with Crippen molar-refractivity contribution in [3.63, 3.8) is 0 Å². The Labute approximate surface area is 92.3 Å². The van der Waals surface area contributed by atoms with Crippen LogP contribution >= 0.6 is 0 Å². The Morgan fingerprint density at radius 1 is 1.38 bits per heavy atom. The van der Waals surface area contributed by atoms with Crippen LogP contribution in [0, 0.1) is 13.8 Å². The van der Waals surface area contributed by atoms with Crippen LogP contribution in [0.1, 0.15) is 11.3 Å². The molecular formula is C10H13N5O. The highest BCUT2D eigenvalue weighted by atomic mass is 16.1. The monoisotopic (exact) mass is 219 g/mol. The molecule has 2 rings (SSSR count). The van der Waals surface area contributed by atoms with E-state index in [-0.39, 0.29) is 5.56 Å². The third kappa shape index (κ3) is 1.81. The van der Waals surface area contributed by atoms with E-state index in [9.17, 15) is 4.79 Å². The molecule has 0 aliphatic carbocycles. The molecular weight excluding hydrogens is 206 g/mol. The van der Waals surface area contributed by atoms with Crippen LogP contribution in [0.4, 0.5) is 11.6 Å². The molecule has 2 aromatic rings. The lowest BCUT2D eigenvalue weighted by Gasteiger charge is -2.04. The van der Waals surface area contributed by atoms with Crippen molar-refractivity contribution in [3.8, 4) is 0 Å². The van der Waals surface area contributed by atoms with Gasteiger partial charge in [-0.3, -0.25) is 14.5 Å². The van der Waals surface area contributed by atoms with Gasteiger partial charge in [0, 0.05) is 18.8 Å². The number of aromatic nitrogens is 4. The second-order valence-corrected chi connectivity index (χ2v) is 3.64. The number of hydrogen-bond donors (Lipinski definition) is 2. The highest BCUT2D eigenvalue weighted by molar-refractivity contribution is 5.54. The lowest BCUT2D eigenvalue weighted by molar-refractivity contribution is 0.740. The van der Waals surface area contributed by atoms with E-state index in [4.69, 9.17) is 0 Å². The van der Waals surface area contributed by atoms with Crippen molar-refractivity contribution in [2.45, 2.75) is 13.8 Å². The maximum Gasteiger partial charge on any atom is 0.255 e. The van der Waals surface area contributed by atoms with E-state index in [1.165, 1.54) is 6.20 Å². The Kier molecular flexibility index (Phi) is 2.47. The normalized spacial score (nSPS) is 10.4. The van der Waals surface area contributed by atoms with Gasteiger partial charge in [-0.05, 0) is 13.8 Å². The summed E-state index contributed by atoms with van der Waals surface area (Å²) in [5.41, 5.74) is 2.25. The Bertz CT molecular complexity index is 569. The van der Waals surface area contributed by atoms with Crippen LogP contribution in [0.15, 0.2) is 17.2 Å². The fraction of sp³-hybridized carbons (Fsp3) is 0.300. The summed E-state index contributed by atoms with van der Waals surface area (Å²) in [6, 6.07) is 0. The minimum absolute atomic E-state index is 0.140. The summed E-state index contributed by atoms with van der Waals surface area (Å²) in [7, 11) is 1.85. The summed E-state index contributed by atoms with van der Waals surface area (Å²) in [4.78, 5) is 18.1. The number of aryl methyl sites for hydroxylation is 2. The Balaban J connectivity index is 2.31. The second-order valence-electron chi connectivity index (χ2n) is 3.64. The van der Waals surface area contributed by atoms with Crippen molar-refractivity contribution in [3.05, 3.63) is 34.0 Å². The van der Waals surface area contributed by atoms with Crippen LogP contribution in [-0.4, -0.2) is 19.7 Å². The number of anilines is 2. The zero-order valence-electron chi connectivity index (χ0n) is 9.40. The van der Waals surface area contributed by atoms with E-state index in [0.29, 0.717) is 11.5 Å². The van der Waals surface area contributed by atoms with Crippen molar-refractivity contribution >= 4 is 11.6 Å². The minimum atomic E-state index is -0.140. The van der Waals surface area contributed by atoms with Crippen molar-refractivity contribution in [2.75, 3.05) is 5.32 Å². The van der Waals surface area contributed by atoms with Crippen molar-refractivity contribution in [1.82, 2.24) is 19.7 Å². The Hall–Kier alpha value is -2.11. The minimum Gasteiger partial charge on any atom is -0.323 e.